The van der Waals surface area contributed by atoms with Gasteiger partial charge in [0.15, 0.2) is 0 Å². The van der Waals surface area contributed by atoms with Gasteiger partial charge in [0.2, 0.25) is 0 Å². The summed E-state index contributed by atoms with van der Waals surface area (Å²) in [6.45, 7) is 12.1. The highest BCUT2D eigenvalue weighted by atomic mass is 32.1. The van der Waals surface area contributed by atoms with Crippen molar-refractivity contribution in [3.8, 4) is 0 Å². The minimum Gasteiger partial charge on any atom is -0.458 e. The van der Waals surface area contributed by atoms with Gasteiger partial charge in [-0.3, -0.25) is 14.5 Å². The molecule has 2 aliphatic carbocycles. The van der Waals surface area contributed by atoms with E-state index < -0.39 is 11.7 Å². The van der Waals surface area contributed by atoms with E-state index in [9.17, 15) is 14.7 Å². The monoisotopic (exact) mass is 473 g/mol. The Hall–Kier alpha value is -1.70. The van der Waals surface area contributed by atoms with Gasteiger partial charge in [-0.2, -0.15) is 0 Å². The Balaban J connectivity index is 1.39. The number of hydrogen-bond donors (Lipinski definition) is 1. The van der Waals surface area contributed by atoms with Gasteiger partial charge >= 0.3 is 5.97 Å². The van der Waals surface area contributed by atoms with Gasteiger partial charge in [-0.25, -0.2) is 0 Å². The minimum atomic E-state index is -0.956. The number of amides is 1. The Morgan fingerprint density at radius 2 is 2.00 bits per heavy atom. The van der Waals surface area contributed by atoms with Gasteiger partial charge < -0.3 is 14.7 Å². The smallest absolute Gasteiger partial charge is 0.303 e. The van der Waals surface area contributed by atoms with Crippen molar-refractivity contribution in [3.63, 3.8) is 0 Å². The minimum absolute atomic E-state index is 0.0322. The molecular weight excluding hydrogens is 436 g/mol. The molecule has 6 nitrogen and oxygen atoms in total. The number of esters is 1. The van der Waals surface area contributed by atoms with Gasteiger partial charge in [-0.05, 0) is 54.5 Å². The van der Waals surface area contributed by atoms with E-state index in [1.54, 1.807) is 0 Å². The second kappa shape index (κ2) is 9.88. The lowest BCUT2D eigenvalue weighted by Crippen LogP contribution is -2.57. The van der Waals surface area contributed by atoms with Gasteiger partial charge in [-0.15, -0.1) is 11.3 Å². The van der Waals surface area contributed by atoms with Crippen LogP contribution in [0.5, 0.6) is 0 Å². The molecule has 1 saturated carbocycles. The number of thiophene rings is 1. The molecule has 6 atom stereocenters. The summed E-state index contributed by atoms with van der Waals surface area (Å²) >= 11 is 1.50. The number of hydrogen-bond acceptors (Lipinski definition) is 6. The number of nitrogens with zero attached hydrogens (tertiary/aromatic N) is 2. The van der Waals surface area contributed by atoms with Crippen LogP contribution in [0.3, 0.4) is 0 Å². The fraction of sp³-hybridized carbons (Fsp3) is 0.654. The molecule has 1 aliphatic heterocycles. The molecular formula is C26H37N2O4S. The molecule has 0 spiro atoms. The molecule has 2 heterocycles. The highest BCUT2D eigenvalue weighted by Gasteiger charge is 2.53. The summed E-state index contributed by atoms with van der Waals surface area (Å²) in [4.78, 5) is 29.4. The van der Waals surface area contributed by atoms with Gasteiger partial charge in [-0.1, -0.05) is 26.0 Å². The highest BCUT2D eigenvalue weighted by molar-refractivity contribution is 7.12. The summed E-state index contributed by atoms with van der Waals surface area (Å²) in [5.74, 6) is 0.753. The average molecular weight is 474 g/mol. The number of fused-ring (bicyclic) bond motifs is 1. The maximum atomic E-state index is 12.6. The molecule has 4 rings (SSSR count). The summed E-state index contributed by atoms with van der Waals surface area (Å²) in [6.07, 6.45) is 5.65. The van der Waals surface area contributed by atoms with Crippen LogP contribution in [0.1, 0.15) is 50.2 Å². The van der Waals surface area contributed by atoms with Crippen molar-refractivity contribution in [1.29, 1.82) is 0 Å². The van der Waals surface area contributed by atoms with Crippen molar-refractivity contribution >= 4 is 23.2 Å². The van der Waals surface area contributed by atoms with Crippen LogP contribution >= 0.6 is 11.3 Å². The second-order valence-electron chi connectivity index (χ2n) is 10.2. The fourth-order valence-electron chi connectivity index (χ4n) is 5.99. The summed E-state index contributed by atoms with van der Waals surface area (Å²) in [7, 11) is 0. The van der Waals surface area contributed by atoms with E-state index in [4.69, 9.17) is 4.74 Å². The quantitative estimate of drug-likeness (QED) is 0.522. The lowest BCUT2D eigenvalue weighted by molar-refractivity contribution is -0.148. The van der Waals surface area contributed by atoms with Gasteiger partial charge in [0, 0.05) is 52.0 Å². The largest absolute Gasteiger partial charge is 0.458 e. The number of ether oxygens (including phenoxy) is 1. The van der Waals surface area contributed by atoms with Crippen LogP contribution in [0.25, 0.3) is 0 Å². The van der Waals surface area contributed by atoms with E-state index in [-0.39, 0.29) is 23.7 Å². The van der Waals surface area contributed by atoms with Gasteiger partial charge in [0.1, 0.15) is 6.10 Å². The van der Waals surface area contributed by atoms with E-state index in [0.29, 0.717) is 11.8 Å². The van der Waals surface area contributed by atoms with Crippen molar-refractivity contribution in [1.82, 2.24) is 9.80 Å². The van der Waals surface area contributed by atoms with E-state index in [2.05, 4.69) is 24.8 Å². The normalized spacial score (nSPS) is 33.7. The topological polar surface area (TPSA) is 70.1 Å². The predicted molar refractivity (Wildman–Crippen MR) is 130 cm³/mol. The van der Waals surface area contributed by atoms with Crippen molar-refractivity contribution in [3.05, 3.63) is 40.5 Å². The standard InChI is InChI=1S/C26H37N2O4S/c1-17-14-22-21(8-7-19(3)26(22,31)15-23(17)32-20(4)29)18(2)16-27-9-11-28(12-10-27)25(30)24-6-5-13-33-24/h5-6,13-15,18-19,21-23,31H,7-12,16H2,1-4H3/t18?,19-,21+,22-,23-,26-/m1/s1. The van der Waals surface area contributed by atoms with E-state index >= 15 is 0 Å². The third-order valence-corrected chi connectivity index (χ3v) is 8.85. The second-order valence-corrected chi connectivity index (χ2v) is 11.2. The molecule has 1 aromatic heterocycles. The zero-order chi connectivity index (χ0) is 23.8. The number of aliphatic hydroxyl groups is 1. The van der Waals surface area contributed by atoms with Crippen molar-refractivity contribution in [2.24, 2.45) is 23.7 Å². The third-order valence-electron chi connectivity index (χ3n) is 7.99. The Bertz CT molecular complexity index is 877. The maximum Gasteiger partial charge on any atom is 0.303 e. The molecule has 33 heavy (non-hydrogen) atoms. The Kier molecular flexibility index (Phi) is 7.32. The van der Waals surface area contributed by atoms with Crippen molar-refractivity contribution in [2.75, 3.05) is 32.7 Å². The number of carbonyl (C=O) groups is 2. The number of carbonyl (C=O) groups excluding carboxylic acids is 2. The van der Waals surface area contributed by atoms with Crippen LogP contribution in [0.4, 0.5) is 0 Å². The summed E-state index contributed by atoms with van der Waals surface area (Å²) < 4.78 is 5.48. The highest BCUT2D eigenvalue weighted by Crippen LogP contribution is 2.50. The van der Waals surface area contributed by atoms with Crippen LogP contribution < -0.4 is 0 Å². The first-order chi connectivity index (χ1) is 15.7. The third kappa shape index (κ3) is 5.05. The molecule has 0 bridgehead atoms. The Labute approximate surface area is 201 Å². The van der Waals surface area contributed by atoms with E-state index in [1.807, 2.05) is 35.8 Å². The molecule has 2 fully saturated rings. The molecule has 1 aromatic rings. The van der Waals surface area contributed by atoms with Crippen LogP contribution in [0.2, 0.25) is 0 Å². The zero-order valence-electron chi connectivity index (χ0n) is 20.2. The molecule has 1 unspecified atom stereocenters. The molecule has 3 aliphatic rings. The van der Waals surface area contributed by atoms with Gasteiger partial charge in [0.05, 0.1) is 10.5 Å². The summed E-state index contributed by atoms with van der Waals surface area (Å²) in [6, 6.07) is 3.82. The first-order valence-electron chi connectivity index (χ1n) is 12.2. The molecule has 7 heteroatoms. The van der Waals surface area contributed by atoms with E-state index in [1.165, 1.54) is 18.3 Å². The molecule has 1 N–H and O–H groups in total. The Morgan fingerprint density at radius 1 is 1.27 bits per heavy atom. The lowest BCUT2D eigenvalue weighted by Gasteiger charge is -2.53. The summed E-state index contributed by atoms with van der Waals surface area (Å²) in [5.41, 5.74) is 0.0506. The first-order valence-corrected chi connectivity index (χ1v) is 13.1. The van der Waals surface area contributed by atoms with Crippen LogP contribution in [0.15, 0.2) is 29.2 Å². The average Bonchev–Trinajstić information content (AvgIpc) is 3.31. The number of piperazine rings is 1. The van der Waals surface area contributed by atoms with Crippen molar-refractivity contribution in [2.45, 2.75) is 52.2 Å². The van der Waals surface area contributed by atoms with E-state index in [0.717, 1.165) is 56.0 Å². The predicted octanol–water partition coefficient (Wildman–Crippen LogP) is 3.63. The zero-order valence-corrected chi connectivity index (χ0v) is 21.0. The molecule has 0 aromatic carbocycles. The molecule has 1 saturated heterocycles. The van der Waals surface area contributed by atoms with Crippen LogP contribution in [0, 0.1) is 30.1 Å². The molecule has 1 radical (unpaired) electrons. The maximum absolute atomic E-state index is 12.6. The van der Waals surface area contributed by atoms with Crippen LogP contribution in [-0.2, 0) is 9.53 Å². The SMILES string of the molecule is CC(=O)O[C@@H]1[CH][C@@]2(O)[C@H](C)CC[C@@H](C(C)CN3CCN(C(=O)c4cccs4)CC3)[C@H]2C=C1C. The first kappa shape index (κ1) is 24.4. The molecule has 181 valence electrons. The van der Waals surface area contributed by atoms with Crippen LogP contribution in [-0.4, -0.2) is 71.2 Å². The number of rotatable bonds is 5. The summed E-state index contributed by atoms with van der Waals surface area (Å²) in [5, 5.41) is 13.7. The van der Waals surface area contributed by atoms with Crippen molar-refractivity contribution < 1.29 is 19.4 Å². The Morgan fingerprint density at radius 3 is 2.64 bits per heavy atom. The molecule has 1 amide bonds. The fourth-order valence-corrected chi connectivity index (χ4v) is 6.68. The van der Waals surface area contributed by atoms with Gasteiger partial charge in [0.25, 0.3) is 5.91 Å². The lowest BCUT2D eigenvalue weighted by atomic mass is 9.57.